The summed E-state index contributed by atoms with van der Waals surface area (Å²) in [7, 11) is 0. The number of aromatic nitrogens is 5. The van der Waals surface area contributed by atoms with Crippen LogP contribution in [0.25, 0.3) is 22.4 Å². The molecule has 120 valence electrons. The average Bonchev–Trinajstić information content (AvgIpc) is 2.96. The van der Waals surface area contributed by atoms with E-state index < -0.39 is 0 Å². The van der Waals surface area contributed by atoms with Gasteiger partial charge in [0, 0.05) is 18.1 Å². The van der Waals surface area contributed by atoms with Crippen molar-refractivity contribution in [1.29, 1.82) is 0 Å². The number of aryl methyl sites for hydroxylation is 1. The van der Waals surface area contributed by atoms with Crippen LogP contribution in [0.4, 0.5) is 0 Å². The summed E-state index contributed by atoms with van der Waals surface area (Å²) in [5, 5.41) is 4.83. The van der Waals surface area contributed by atoms with Crippen molar-refractivity contribution in [1.82, 2.24) is 24.1 Å². The largest absolute Gasteiger partial charge is 0.284 e. The van der Waals surface area contributed by atoms with Gasteiger partial charge in [-0.15, -0.1) is 5.10 Å². The molecule has 0 N–H and O–H groups in total. The second-order valence-corrected chi connectivity index (χ2v) is 6.17. The van der Waals surface area contributed by atoms with Crippen LogP contribution in [0.3, 0.4) is 0 Å². The Balaban J connectivity index is 1.92. The lowest BCUT2D eigenvalue weighted by Crippen LogP contribution is -2.18. The molecule has 0 spiro atoms. The van der Waals surface area contributed by atoms with Gasteiger partial charge in [-0.2, -0.15) is 9.50 Å². The third-order valence-electron chi connectivity index (χ3n) is 4.18. The van der Waals surface area contributed by atoms with Crippen LogP contribution >= 0.6 is 0 Å². The molecule has 3 aromatic heterocycles. The molecule has 0 aliphatic heterocycles. The van der Waals surface area contributed by atoms with E-state index in [1.807, 2.05) is 18.2 Å². The van der Waals surface area contributed by atoms with Gasteiger partial charge in [-0.1, -0.05) is 26.0 Å². The Morgan fingerprint density at radius 3 is 2.54 bits per heavy atom. The minimum Gasteiger partial charge on any atom is -0.284 e. The smallest absolute Gasteiger partial charge is 0.266 e. The fourth-order valence-electron chi connectivity index (χ4n) is 2.84. The van der Waals surface area contributed by atoms with Gasteiger partial charge in [0.15, 0.2) is 0 Å². The second kappa shape index (κ2) is 5.26. The first-order valence-electron chi connectivity index (χ1n) is 7.88. The number of pyridine rings is 1. The van der Waals surface area contributed by atoms with Crippen molar-refractivity contribution in [2.45, 2.75) is 26.7 Å². The van der Waals surface area contributed by atoms with Gasteiger partial charge in [0.25, 0.3) is 11.3 Å². The van der Waals surface area contributed by atoms with E-state index in [0.717, 1.165) is 5.69 Å². The Morgan fingerprint density at radius 2 is 1.83 bits per heavy atom. The molecule has 6 nitrogen and oxygen atoms in total. The Labute approximate surface area is 138 Å². The maximum atomic E-state index is 12.9. The van der Waals surface area contributed by atoms with E-state index in [9.17, 15) is 4.79 Å². The Bertz CT molecular complexity index is 1110. The van der Waals surface area contributed by atoms with Gasteiger partial charge >= 0.3 is 0 Å². The summed E-state index contributed by atoms with van der Waals surface area (Å²) in [6.07, 6.45) is 3.34. The molecule has 0 bridgehead atoms. The van der Waals surface area contributed by atoms with Crippen LogP contribution < -0.4 is 5.56 Å². The van der Waals surface area contributed by atoms with Gasteiger partial charge in [0.1, 0.15) is 5.82 Å². The van der Waals surface area contributed by atoms with Gasteiger partial charge in [0.05, 0.1) is 10.9 Å². The molecule has 0 saturated heterocycles. The van der Waals surface area contributed by atoms with Crippen LogP contribution in [-0.4, -0.2) is 24.1 Å². The number of benzene rings is 1. The standard InChI is InChI=1S/C18H17N5O/c1-11(2)13-4-6-14(7-5-13)22-9-8-16-15(17(22)24)10-19-18-20-12(3)21-23(16)18/h4-11H,1-3H3. The van der Waals surface area contributed by atoms with Crippen molar-refractivity contribution in [3.05, 3.63) is 64.5 Å². The summed E-state index contributed by atoms with van der Waals surface area (Å²) < 4.78 is 3.24. The minimum atomic E-state index is -0.118. The minimum absolute atomic E-state index is 0.118. The fourth-order valence-corrected chi connectivity index (χ4v) is 2.84. The molecule has 0 radical (unpaired) electrons. The molecule has 4 aromatic rings. The lowest BCUT2D eigenvalue weighted by molar-refractivity contribution is 0.864. The van der Waals surface area contributed by atoms with Crippen LogP contribution in [0.1, 0.15) is 31.2 Å². The summed E-state index contributed by atoms with van der Waals surface area (Å²) in [6.45, 7) is 6.10. The highest BCUT2D eigenvalue weighted by atomic mass is 16.1. The number of nitrogens with zero attached hydrogens (tertiary/aromatic N) is 5. The van der Waals surface area contributed by atoms with Crippen molar-refractivity contribution in [3.8, 4) is 5.69 Å². The normalized spacial score (nSPS) is 11.7. The third-order valence-corrected chi connectivity index (χ3v) is 4.18. The van der Waals surface area contributed by atoms with Gasteiger partial charge in [-0.05, 0) is 36.6 Å². The zero-order valence-electron chi connectivity index (χ0n) is 13.8. The molecule has 0 fully saturated rings. The molecule has 0 aliphatic carbocycles. The monoisotopic (exact) mass is 319 g/mol. The first-order chi connectivity index (χ1) is 11.5. The van der Waals surface area contributed by atoms with Gasteiger partial charge in [-0.3, -0.25) is 9.36 Å². The van der Waals surface area contributed by atoms with E-state index in [1.54, 1.807) is 28.4 Å². The lowest BCUT2D eigenvalue weighted by Gasteiger charge is -2.10. The van der Waals surface area contributed by atoms with Crippen LogP contribution in [0, 0.1) is 6.92 Å². The van der Waals surface area contributed by atoms with Crippen molar-refractivity contribution < 1.29 is 0 Å². The highest BCUT2D eigenvalue weighted by molar-refractivity contribution is 5.78. The average molecular weight is 319 g/mol. The zero-order valence-corrected chi connectivity index (χ0v) is 13.8. The summed E-state index contributed by atoms with van der Waals surface area (Å²) in [5.41, 5.74) is 2.67. The van der Waals surface area contributed by atoms with Gasteiger partial charge < -0.3 is 0 Å². The van der Waals surface area contributed by atoms with Crippen LogP contribution in [0.5, 0.6) is 0 Å². The molecular formula is C18H17N5O. The van der Waals surface area contributed by atoms with E-state index in [-0.39, 0.29) is 5.56 Å². The predicted molar refractivity (Wildman–Crippen MR) is 92.7 cm³/mol. The number of hydrogen-bond acceptors (Lipinski definition) is 4. The first kappa shape index (κ1) is 14.6. The topological polar surface area (TPSA) is 65.1 Å². The fraction of sp³-hybridized carbons (Fsp3) is 0.222. The van der Waals surface area contributed by atoms with Crippen LogP contribution in [0.15, 0.2) is 47.5 Å². The Hall–Kier alpha value is -3.02. The van der Waals surface area contributed by atoms with Gasteiger partial charge in [-0.25, -0.2) is 4.98 Å². The molecule has 24 heavy (non-hydrogen) atoms. The van der Waals surface area contributed by atoms with Crippen molar-refractivity contribution in [3.63, 3.8) is 0 Å². The van der Waals surface area contributed by atoms with E-state index in [1.165, 1.54) is 5.56 Å². The lowest BCUT2D eigenvalue weighted by atomic mass is 10.0. The number of fused-ring (bicyclic) bond motifs is 3. The van der Waals surface area contributed by atoms with E-state index in [0.29, 0.717) is 28.4 Å². The highest BCUT2D eigenvalue weighted by Crippen LogP contribution is 2.17. The van der Waals surface area contributed by atoms with Crippen LogP contribution in [0.2, 0.25) is 0 Å². The highest BCUT2D eigenvalue weighted by Gasteiger charge is 2.11. The van der Waals surface area contributed by atoms with E-state index >= 15 is 0 Å². The van der Waals surface area contributed by atoms with Crippen molar-refractivity contribution >= 4 is 16.7 Å². The molecular weight excluding hydrogens is 302 g/mol. The number of rotatable bonds is 2. The summed E-state index contributed by atoms with van der Waals surface area (Å²) in [5.74, 6) is 1.59. The molecule has 0 unspecified atom stereocenters. The molecule has 1 aromatic carbocycles. The Kier molecular flexibility index (Phi) is 3.19. The van der Waals surface area contributed by atoms with Crippen molar-refractivity contribution in [2.24, 2.45) is 0 Å². The predicted octanol–water partition coefficient (Wildman–Crippen LogP) is 2.86. The quantitative estimate of drug-likeness (QED) is 0.570. The maximum Gasteiger partial charge on any atom is 0.266 e. The zero-order chi connectivity index (χ0) is 16.8. The van der Waals surface area contributed by atoms with E-state index in [4.69, 9.17) is 0 Å². The maximum absolute atomic E-state index is 12.9. The molecule has 0 aliphatic rings. The van der Waals surface area contributed by atoms with Crippen LogP contribution in [-0.2, 0) is 0 Å². The summed E-state index contributed by atoms with van der Waals surface area (Å²) in [4.78, 5) is 21.3. The SMILES string of the molecule is Cc1nc2ncc3c(=O)n(-c4ccc(C(C)C)cc4)ccc3n2n1. The van der Waals surface area contributed by atoms with Gasteiger partial charge in [0.2, 0.25) is 0 Å². The third kappa shape index (κ3) is 2.19. The second-order valence-electron chi connectivity index (χ2n) is 6.17. The molecule has 6 heteroatoms. The molecule has 4 rings (SSSR count). The molecule has 0 atom stereocenters. The van der Waals surface area contributed by atoms with E-state index in [2.05, 4.69) is 41.0 Å². The Morgan fingerprint density at radius 1 is 1.08 bits per heavy atom. The molecule has 0 amide bonds. The molecule has 3 heterocycles. The first-order valence-corrected chi connectivity index (χ1v) is 7.88. The number of hydrogen-bond donors (Lipinski definition) is 0. The summed E-state index contributed by atoms with van der Waals surface area (Å²) >= 11 is 0. The molecule has 0 saturated carbocycles. The summed E-state index contributed by atoms with van der Waals surface area (Å²) in [6, 6.07) is 9.91. The van der Waals surface area contributed by atoms with Crippen molar-refractivity contribution in [2.75, 3.05) is 0 Å².